The molecule has 0 aromatic heterocycles. The van der Waals surface area contributed by atoms with Crippen molar-refractivity contribution in [2.45, 2.75) is 0 Å². The van der Waals surface area contributed by atoms with E-state index in [4.69, 9.17) is 15.2 Å². The molecule has 1 aromatic carbocycles. The van der Waals surface area contributed by atoms with E-state index in [0.29, 0.717) is 34.6 Å². The number of halogens is 1. The summed E-state index contributed by atoms with van der Waals surface area (Å²) >= 11 is 3.34. The summed E-state index contributed by atoms with van der Waals surface area (Å²) in [5.41, 5.74) is 5.79. The largest absolute Gasteiger partial charge is 0.495 e. The molecule has 0 saturated carbocycles. The fraction of sp³-hybridized carbons (Fsp3) is 0.364. The number of nitrogens with one attached hydrogen (secondary N) is 1. The Hall–Kier alpha value is -1.27. The molecule has 3 N–H and O–H groups in total. The normalized spacial score (nSPS) is 9.88. The Balaban J connectivity index is 3.04. The molecule has 0 aliphatic rings. The van der Waals surface area contributed by atoms with E-state index < -0.39 is 0 Å². The predicted molar refractivity (Wildman–Crippen MR) is 68.6 cm³/mol. The molecule has 1 aromatic rings. The van der Waals surface area contributed by atoms with Crippen molar-refractivity contribution in [1.82, 2.24) is 5.32 Å². The summed E-state index contributed by atoms with van der Waals surface area (Å²) in [6.07, 6.45) is 0. The highest BCUT2D eigenvalue weighted by molar-refractivity contribution is 9.10. The molecule has 0 saturated heterocycles. The molecule has 0 fully saturated rings. The number of hydrogen-bond acceptors (Lipinski definition) is 4. The van der Waals surface area contributed by atoms with Crippen LogP contribution < -0.4 is 20.5 Å². The lowest BCUT2D eigenvalue weighted by Gasteiger charge is -2.11. The Labute approximate surface area is 108 Å². The molecule has 0 heterocycles. The van der Waals surface area contributed by atoms with Crippen LogP contribution in [0.4, 0.5) is 0 Å². The van der Waals surface area contributed by atoms with E-state index >= 15 is 0 Å². The van der Waals surface area contributed by atoms with Gasteiger partial charge in [-0.2, -0.15) is 0 Å². The van der Waals surface area contributed by atoms with Crippen molar-refractivity contribution < 1.29 is 14.3 Å². The smallest absolute Gasteiger partial charge is 0.251 e. The van der Waals surface area contributed by atoms with Gasteiger partial charge in [0.05, 0.1) is 14.2 Å². The second-order valence-corrected chi connectivity index (χ2v) is 4.03. The molecular formula is C11H15BrN2O3. The minimum atomic E-state index is -0.209. The van der Waals surface area contributed by atoms with Crippen LogP contribution in [-0.4, -0.2) is 33.2 Å². The zero-order valence-corrected chi connectivity index (χ0v) is 11.3. The van der Waals surface area contributed by atoms with Gasteiger partial charge in [0.1, 0.15) is 16.0 Å². The molecule has 0 atom stereocenters. The van der Waals surface area contributed by atoms with Gasteiger partial charge in [0.25, 0.3) is 5.91 Å². The van der Waals surface area contributed by atoms with Gasteiger partial charge in [-0.05, 0) is 28.1 Å². The molecule has 0 bridgehead atoms. The zero-order valence-electron chi connectivity index (χ0n) is 9.75. The molecule has 0 spiro atoms. The lowest BCUT2D eigenvalue weighted by molar-refractivity contribution is 0.0954. The Morgan fingerprint density at radius 2 is 1.88 bits per heavy atom. The molecule has 0 aliphatic heterocycles. The van der Waals surface area contributed by atoms with Gasteiger partial charge in [-0.1, -0.05) is 0 Å². The number of ether oxygens (including phenoxy) is 2. The van der Waals surface area contributed by atoms with Gasteiger partial charge < -0.3 is 20.5 Å². The molecule has 17 heavy (non-hydrogen) atoms. The van der Waals surface area contributed by atoms with Crippen molar-refractivity contribution in [3.05, 3.63) is 22.2 Å². The minimum absolute atomic E-state index is 0.209. The summed E-state index contributed by atoms with van der Waals surface area (Å²) in [7, 11) is 3.06. The monoisotopic (exact) mass is 302 g/mol. The van der Waals surface area contributed by atoms with Crippen molar-refractivity contribution in [1.29, 1.82) is 0 Å². The van der Waals surface area contributed by atoms with E-state index in [9.17, 15) is 4.79 Å². The first-order chi connectivity index (χ1) is 8.13. The maximum absolute atomic E-state index is 11.8. The van der Waals surface area contributed by atoms with Crippen LogP contribution in [0.2, 0.25) is 0 Å². The Morgan fingerprint density at radius 3 is 2.29 bits per heavy atom. The predicted octanol–water partition coefficient (Wildman–Crippen LogP) is 1.15. The summed E-state index contributed by atoms with van der Waals surface area (Å²) in [6, 6.07) is 3.27. The lowest BCUT2D eigenvalue weighted by atomic mass is 10.2. The first-order valence-electron chi connectivity index (χ1n) is 5.03. The molecule has 5 nitrogen and oxygen atoms in total. The topological polar surface area (TPSA) is 73.6 Å². The van der Waals surface area contributed by atoms with Crippen molar-refractivity contribution in [3.8, 4) is 11.5 Å². The number of nitrogens with two attached hydrogens (primary N) is 1. The molecule has 0 aliphatic carbocycles. The van der Waals surface area contributed by atoms with E-state index in [1.807, 2.05) is 0 Å². The van der Waals surface area contributed by atoms with Gasteiger partial charge in [-0.3, -0.25) is 4.79 Å². The number of hydrogen-bond donors (Lipinski definition) is 2. The van der Waals surface area contributed by atoms with Crippen LogP contribution >= 0.6 is 15.9 Å². The number of amides is 1. The van der Waals surface area contributed by atoms with Gasteiger partial charge in [0, 0.05) is 18.7 Å². The fourth-order valence-electron chi connectivity index (χ4n) is 1.29. The molecule has 94 valence electrons. The Bertz CT molecular complexity index is 385. The second kappa shape index (κ2) is 6.46. The van der Waals surface area contributed by atoms with Crippen LogP contribution in [0.15, 0.2) is 16.6 Å². The third kappa shape index (κ3) is 3.34. The summed E-state index contributed by atoms with van der Waals surface area (Å²) in [6.45, 7) is 0.829. The highest BCUT2D eigenvalue weighted by Gasteiger charge is 2.13. The average Bonchev–Trinajstić information content (AvgIpc) is 2.36. The third-order valence-corrected chi connectivity index (χ3v) is 2.92. The van der Waals surface area contributed by atoms with Gasteiger partial charge in [0.15, 0.2) is 0 Å². The maximum Gasteiger partial charge on any atom is 0.251 e. The first kappa shape index (κ1) is 13.8. The van der Waals surface area contributed by atoms with Crippen molar-refractivity contribution in [2.75, 3.05) is 27.3 Å². The summed E-state index contributed by atoms with van der Waals surface area (Å²) < 4.78 is 11.0. The lowest BCUT2D eigenvalue weighted by Crippen LogP contribution is -2.29. The number of methoxy groups -OCH3 is 2. The van der Waals surface area contributed by atoms with Crippen LogP contribution in [0.5, 0.6) is 11.5 Å². The van der Waals surface area contributed by atoms with Crippen LogP contribution in [0.25, 0.3) is 0 Å². The fourth-order valence-corrected chi connectivity index (χ4v) is 1.84. The summed E-state index contributed by atoms with van der Waals surface area (Å²) in [5, 5.41) is 2.68. The van der Waals surface area contributed by atoms with E-state index in [1.54, 1.807) is 12.1 Å². The van der Waals surface area contributed by atoms with E-state index in [1.165, 1.54) is 14.2 Å². The van der Waals surface area contributed by atoms with Gasteiger partial charge >= 0.3 is 0 Å². The van der Waals surface area contributed by atoms with E-state index in [-0.39, 0.29) is 5.91 Å². The number of carbonyl (C=O) groups excluding carboxylic acids is 1. The van der Waals surface area contributed by atoms with Gasteiger partial charge in [-0.15, -0.1) is 0 Å². The summed E-state index contributed by atoms with van der Waals surface area (Å²) in [5.74, 6) is 0.879. The van der Waals surface area contributed by atoms with Crippen LogP contribution in [0.1, 0.15) is 10.4 Å². The minimum Gasteiger partial charge on any atom is -0.495 e. The van der Waals surface area contributed by atoms with Crippen LogP contribution in [0, 0.1) is 0 Å². The average molecular weight is 303 g/mol. The van der Waals surface area contributed by atoms with Crippen LogP contribution in [0.3, 0.4) is 0 Å². The van der Waals surface area contributed by atoms with Crippen LogP contribution in [-0.2, 0) is 0 Å². The van der Waals surface area contributed by atoms with E-state index in [2.05, 4.69) is 21.2 Å². The summed E-state index contributed by atoms with van der Waals surface area (Å²) in [4.78, 5) is 11.8. The third-order valence-electron chi connectivity index (χ3n) is 2.14. The zero-order chi connectivity index (χ0) is 12.8. The van der Waals surface area contributed by atoms with Crippen molar-refractivity contribution in [3.63, 3.8) is 0 Å². The molecule has 1 amide bonds. The van der Waals surface area contributed by atoms with Gasteiger partial charge in [-0.25, -0.2) is 0 Å². The first-order valence-corrected chi connectivity index (χ1v) is 5.83. The molecule has 0 radical (unpaired) electrons. The number of carbonyl (C=O) groups is 1. The number of rotatable bonds is 5. The van der Waals surface area contributed by atoms with E-state index in [0.717, 1.165) is 0 Å². The molecule has 0 unspecified atom stereocenters. The van der Waals surface area contributed by atoms with Gasteiger partial charge in [0.2, 0.25) is 0 Å². The second-order valence-electron chi connectivity index (χ2n) is 3.24. The highest BCUT2D eigenvalue weighted by Crippen LogP contribution is 2.35. The Morgan fingerprint density at radius 1 is 1.35 bits per heavy atom. The molecule has 6 heteroatoms. The molecule has 1 rings (SSSR count). The highest BCUT2D eigenvalue weighted by atomic mass is 79.9. The maximum atomic E-state index is 11.8. The SMILES string of the molecule is COc1cc(C(=O)NCCN)cc(OC)c1Br. The van der Waals surface area contributed by atoms with Crippen molar-refractivity contribution >= 4 is 21.8 Å². The molecular weight excluding hydrogens is 288 g/mol. The Kier molecular flexibility index (Phi) is 5.24. The number of benzene rings is 1. The van der Waals surface area contributed by atoms with Crippen molar-refractivity contribution in [2.24, 2.45) is 5.73 Å². The quantitative estimate of drug-likeness (QED) is 0.856. The standard InChI is InChI=1S/C11H15BrN2O3/c1-16-8-5-7(11(15)14-4-3-13)6-9(17-2)10(8)12/h5-6H,3-4,13H2,1-2H3,(H,14,15).